The van der Waals surface area contributed by atoms with Gasteiger partial charge in [-0.15, -0.1) is 0 Å². The summed E-state index contributed by atoms with van der Waals surface area (Å²) in [5, 5.41) is 5.67. The predicted octanol–water partition coefficient (Wildman–Crippen LogP) is 3.33. The minimum Gasteiger partial charge on any atom is -0.378 e. The molecule has 0 heterocycles. The van der Waals surface area contributed by atoms with E-state index < -0.39 is 0 Å². The average Bonchev–Trinajstić information content (AvgIpc) is 2.72. The number of nitrogens with one attached hydrogen (secondary N) is 2. The van der Waals surface area contributed by atoms with Crippen LogP contribution in [0.2, 0.25) is 0 Å². The number of carbonyl (C=O) groups is 2. The molecule has 2 aromatic carbocycles. The molecule has 0 unspecified atom stereocenters. The Balaban J connectivity index is 1.90. The largest absolute Gasteiger partial charge is 0.378 e. The molecule has 0 aliphatic rings. The van der Waals surface area contributed by atoms with Crippen molar-refractivity contribution in [2.75, 3.05) is 37.4 Å². The quantitative estimate of drug-likeness (QED) is 0.666. The molecule has 30 heavy (non-hydrogen) atoms. The van der Waals surface area contributed by atoms with Crippen LogP contribution in [-0.4, -0.2) is 49.9 Å². The van der Waals surface area contributed by atoms with Gasteiger partial charge < -0.3 is 15.5 Å². The van der Waals surface area contributed by atoms with E-state index in [4.69, 9.17) is 0 Å². The van der Waals surface area contributed by atoms with Crippen molar-refractivity contribution < 1.29 is 9.59 Å². The fraction of sp³-hybridized carbons (Fsp3) is 0.417. The maximum absolute atomic E-state index is 12.6. The molecule has 2 N–H and O–H groups in total. The summed E-state index contributed by atoms with van der Waals surface area (Å²) in [6.45, 7) is 9.17. The van der Waals surface area contributed by atoms with Crippen LogP contribution in [0.3, 0.4) is 0 Å². The van der Waals surface area contributed by atoms with Crippen molar-refractivity contribution in [3.8, 4) is 0 Å². The van der Waals surface area contributed by atoms with Crippen molar-refractivity contribution in [2.24, 2.45) is 0 Å². The Morgan fingerprint density at radius 3 is 2.13 bits per heavy atom. The van der Waals surface area contributed by atoms with Crippen LogP contribution in [0.25, 0.3) is 0 Å². The second kappa shape index (κ2) is 10.8. The zero-order chi connectivity index (χ0) is 22.3. The molecule has 0 radical (unpaired) electrons. The number of rotatable bonds is 9. The van der Waals surface area contributed by atoms with E-state index in [9.17, 15) is 9.59 Å². The number of likely N-dealkylation sites (N-methyl/N-ethyl adjacent to an activating group) is 1. The van der Waals surface area contributed by atoms with Gasteiger partial charge in [0.2, 0.25) is 11.8 Å². The van der Waals surface area contributed by atoms with Crippen LogP contribution in [0.4, 0.5) is 11.4 Å². The standard InChI is InChI=1S/C24H34N4O2/c1-7-28(16-20-11-13-21(14-12-20)27(5)6)19(4)24(30)25-15-22(29)26-23-17(2)9-8-10-18(23)3/h8-14,19H,7,15-16H2,1-6H3,(H,25,30)(H,26,29)/t19-/m1/s1. The highest BCUT2D eigenvalue weighted by Crippen LogP contribution is 2.19. The Morgan fingerprint density at radius 2 is 1.60 bits per heavy atom. The maximum atomic E-state index is 12.6. The van der Waals surface area contributed by atoms with Crippen molar-refractivity contribution in [3.63, 3.8) is 0 Å². The lowest BCUT2D eigenvalue weighted by Crippen LogP contribution is -2.46. The molecule has 0 saturated heterocycles. The molecule has 2 rings (SSSR count). The van der Waals surface area contributed by atoms with Crippen LogP contribution in [0, 0.1) is 13.8 Å². The Labute approximate surface area is 180 Å². The van der Waals surface area contributed by atoms with E-state index in [1.807, 2.05) is 60.0 Å². The minimum atomic E-state index is -0.337. The molecule has 2 amide bonds. The number of anilines is 2. The summed E-state index contributed by atoms with van der Waals surface area (Å²) < 4.78 is 0. The number of carbonyl (C=O) groups excluding carboxylic acids is 2. The summed E-state index contributed by atoms with van der Waals surface area (Å²) in [7, 11) is 4.02. The minimum absolute atomic E-state index is 0.0496. The molecule has 0 bridgehead atoms. The number of nitrogens with zero attached hydrogens (tertiary/aromatic N) is 2. The van der Waals surface area contributed by atoms with Gasteiger partial charge in [0.05, 0.1) is 12.6 Å². The SMILES string of the molecule is CCN(Cc1ccc(N(C)C)cc1)[C@H](C)C(=O)NCC(=O)Nc1c(C)cccc1C. The third-order valence-electron chi connectivity index (χ3n) is 5.34. The van der Waals surface area contributed by atoms with Gasteiger partial charge in [-0.2, -0.15) is 0 Å². The zero-order valence-electron chi connectivity index (χ0n) is 19.0. The highest BCUT2D eigenvalue weighted by molar-refractivity contribution is 5.96. The van der Waals surface area contributed by atoms with E-state index in [1.54, 1.807) is 0 Å². The normalized spacial score (nSPS) is 11.8. The third kappa shape index (κ3) is 6.32. The van der Waals surface area contributed by atoms with Gasteiger partial charge in [0.15, 0.2) is 0 Å². The van der Waals surface area contributed by atoms with Crippen LogP contribution in [0.1, 0.15) is 30.5 Å². The zero-order valence-corrected chi connectivity index (χ0v) is 19.0. The molecule has 2 aromatic rings. The molecule has 6 heteroatoms. The van der Waals surface area contributed by atoms with Crippen LogP contribution in [0.5, 0.6) is 0 Å². The van der Waals surface area contributed by atoms with E-state index in [-0.39, 0.29) is 24.4 Å². The van der Waals surface area contributed by atoms with E-state index in [1.165, 1.54) is 0 Å². The summed E-state index contributed by atoms with van der Waals surface area (Å²) in [5.74, 6) is -0.381. The molecule has 162 valence electrons. The Bertz CT molecular complexity index is 842. The fourth-order valence-electron chi connectivity index (χ4n) is 3.33. The van der Waals surface area contributed by atoms with Crippen molar-refractivity contribution >= 4 is 23.2 Å². The summed E-state index contributed by atoms with van der Waals surface area (Å²) in [5.41, 5.74) is 5.10. The van der Waals surface area contributed by atoms with Crippen LogP contribution >= 0.6 is 0 Å². The lowest BCUT2D eigenvalue weighted by atomic mass is 10.1. The van der Waals surface area contributed by atoms with Gasteiger partial charge in [0.1, 0.15) is 0 Å². The van der Waals surface area contributed by atoms with Crippen molar-refractivity contribution in [3.05, 3.63) is 59.2 Å². The third-order valence-corrected chi connectivity index (χ3v) is 5.34. The van der Waals surface area contributed by atoms with E-state index in [0.717, 1.165) is 34.6 Å². The van der Waals surface area contributed by atoms with Crippen molar-refractivity contribution in [1.29, 1.82) is 0 Å². The van der Waals surface area contributed by atoms with Crippen LogP contribution in [0.15, 0.2) is 42.5 Å². The number of hydrogen-bond donors (Lipinski definition) is 2. The number of aryl methyl sites for hydroxylation is 2. The smallest absolute Gasteiger partial charge is 0.243 e. The topological polar surface area (TPSA) is 64.7 Å². The summed E-state index contributed by atoms with van der Waals surface area (Å²) >= 11 is 0. The first-order valence-electron chi connectivity index (χ1n) is 10.4. The molecule has 0 aromatic heterocycles. The van der Waals surface area contributed by atoms with Gasteiger partial charge in [0, 0.05) is 32.0 Å². The first kappa shape index (κ1) is 23.4. The Morgan fingerprint density at radius 1 is 1.00 bits per heavy atom. The summed E-state index contributed by atoms with van der Waals surface area (Å²) in [4.78, 5) is 29.1. The van der Waals surface area contributed by atoms with E-state index in [2.05, 4.69) is 44.7 Å². The van der Waals surface area contributed by atoms with Gasteiger partial charge in [-0.1, -0.05) is 37.3 Å². The highest BCUT2D eigenvalue weighted by atomic mass is 16.2. The van der Waals surface area contributed by atoms with Crippen LogP contribution in [-0.2, 0) is 16.1 Å². The molecular formula is C24H34N4O2. The van der Waals surface area contributed by atoms with Crippen molar-refractivity contribution in [2.45, 2.75) is 40.3 Å². The molecule has 1 atom stereocenters. The fourth-order valence-corrected chi connectivity index (χ4v) is 3.33. The second-order valence-electron chi connectivity index (χ2n) is 7.83. The first-order valence-corrected chi connectivity index (χ1v) is 10.4. The summed E-state index contributed by atoms with van der Waals surface area (Å²) in [6, 6.07) is 13.8. The monoisotopic (exact) mass is 410 g/mol. The molecule has 0 fully saturated rings. The van der Waals surface area contributed by atoms with Crippen molar-refractivity contribution in [1.82, 2.24) is 10.2 Å². The Kier molecular flexibility index (Phi) is 8.42. The highest BCUT2D eigenvalue weighted by Gasteiger charge is 2.21. The second-order valence-corrected chi connectivity index (χ2v) is 7.83. The van der Waals surface area contributed by atoms with Gasteiger partial charge in [-0.3, -0.25) is 14.5 Å². The molecule has 0 aliphatic heterocycles. The molecule has 0 aliphatic carbocycles. The average molecular weight is 411 g/mol. The van der Waals surface area contributed by atoms with Gasteiger partial charge in [0.25, 0.3) is 0 Å². The number of hydrogen-bond acceptors (Lipinski definition) is 4. The van der Waals surface area contributed by atoms with E-state index >= 15 is 0 Å². The maximum Gasteiger partial charge on any atom is 0.243 e. The number of amides is 2. The number of para-hydroxylation sites is 1. The Hall–Kier alpha value is -2.86. The molecule has 0 spiro atoms. The van der Waals surface area contributed by atoms with Gasteiger partial charge >= 0.3 is 0 Å². The molecule has 0 saturated carbocycles. The molecule has 6 nitrogen and oxygen atoms in total. The lowest BCUT2D eigenvalue weighted by molar-refractivity contribution is -0.128. The van der Waals surface area contributed by atoms with Gasteiger partial charge in [-0.25, -0.2) is 0 Å². The predicted molar refractivity (Wildman–Crippen MR) is 124 cm³/mol. The molecular weight excluding hydrogens is 376 g/mol. The number of benzene rings is 2. The first-order chi connectivity index (χ1) is 14.2. The van der Waals surface area contributed by atoms with E-state index in [0.29, 0.717) is 6.54 Å². The van der Waals surface area contributed by atoms with Gasteiger partial charge in [-0.05, 0) is 56.1 Å². The summed E-state index contributed by atoms with van der Waals surface area (Å²) in [6.07, 6.45) is 0. The van der Waals surface area contributed by atoms with Crippen LogP contribution < -0.4 is 15.5 Å². The lowest BCUT2D eigenvalue weighted by Gasteiger charge is -2.27.